The number of aryl methyl sites for hydroxylation is 2. The van der Waals surface area contributed by atoms with E-state index in [-0.39, 0.29) is 6.04 Å². The minimum atomic E-state index is -0.0883. The highest BCUT2D eigenvalue weighted by Crippen LogP contribution is 2.26. The molecule has 0 fully saturated rings. The van der Waals surface area contributed by atoms with E-state index in [9.17, 15) is 0 Å². The van der Waals surface area contributed by atoms with Crippen LogP contribution in [0.3, 0.4) is 0 Å². The molecule has 0 bridgehead atoms. The fourth-order valence-electron chi connectivity index (χ4n) is 2.15. The molecule has 0 aliphatic carbocycles. The standard InChI is InChI=1S/C14H18BrN3O/c1-9-6-14(18(2)17-9)13(16)8-10-7-11(19-3)4-5-12(10)15/h4-7,13H,8,16H2,1-3H3. The minimum Gasteiger partial charge on any atom is -0.497 e. The number of ether oxygens (including phenoxy) is 1. The molecule has 1 unspecified atom stereocenters. The van der Waals surface area contributed by atoms with Gasteiger partial charge in [0, 0.05) is 11.5 Å². The van der Waals surface area contributed by atoms with Crippen LogP contribution in [0.2, 0.25) is 0 Å². The smallest absolute Gasteiger partial charge is 0.119 e. The molecule has 2 rings (SSSR count). The van der Waals surface area contributed by atoms with Gasteiger partial charge in [-0.3, -0.25) is 4.68 Å². The van der Waals surface area contributed by atoms with Crippen molar-refractivity contribution >= 4 is 15.9 Å². The highest BCUT2D eigenvalue weighted by Gasteiger charge is 2.14. The van der Waals surface area contributed by atoms with Gasteiger partial charge in [0.05, 0.1) is 24.5 Å². The molecule has 102 valence electrons. The summed E-state index contributed by atoms with van der Waals surface area (Å²) in [5, 5.41) is 4.33. The summed E-state index contributed by atoms with van der Waals surface area (Å²) in [4.78, 5) is 0. The molecule has 4 nitrogen and oxygen atoms in total. The van der Waals surface area contributed by atoms with Gasteiger partial charge >= 0.3 is 0 Å². The molecule has 0 amide bonds. The SMILES string of the molecule is COc1ccc(Br)c(CC(N)c2cc(C)nn2C)c1. The van der Waals surface area contributed by atoms with Crippen molar-refractivity contribution in [2.24, 2.45) is 12.8 Å². The van der Waals surface area contributed by atoms with Crippen LogP contribution in [0.15, 0.2) is 28.7 Å². The number of hydrogen-bond donors (Lipinski definition) is 1. The van der Waals surface area contributed by atoms with Crippen LogP contribution in [0.1, 0.15) is 23.0 Å². The summed E-state index contributed by atoms with van der Waals surface area (Å²) in [6.07, 6.45) is 0.733. The Kier molecular flexibility index (Phi) is 4.27. The van der Waals surface area contributed by atoms with Crippen LogP contribution in [-0.2, 0) is 13.5 Å². The van der Waals surface area contributed by atoms with Crippen molar-refractivity contribution in [3.63, 3.8) is 0 Å². The Morgan fingerprint density at radius 3 is 2.74 bits per heavy atom. The number of halogens is 1. The zero-order valence-electron chi connectivity index (χ0n) is 11.4. The Morgan fingerprint density at radius 1 is 1.42 bits per heavy atom. The summed E-state index contributed by atoms with van der Waals surface area (Å²) in [7, 11) is 3.58. The number of aromatic nitrogens is 2. The molecule has 0 saturated carbocycles. The first-order valence-electron chi connectivity index (χ1n) is 6.09. The Morgan fingerprint density at radius 2 is 2.16 bits per heavy atom. The Labute approximate surface area is 121 Å². The maximum absolute atomic E-state index is 6.28. The highest BCUT2D eigenvalue weighted by molar-refractivity contribution is 9.10. The number of hydrogen-bond acceptors (Lipinski definition) is 3. The van der Waals surface area contributed by atoms with Gasteiger partial charge in [-0.15, -0.1) is 0 Å². The van der Waals surface area contributed by atoms with Crippen molar-refractivity contribution in [3.8, 4) is 5.75 Å². The van der Waals surface area contributed by atoms with E-state index in [0.717, 1.165) is 33.6 Å². The Bertz CT molecular complexity index is 580. The molecule has 1 heterocycles. The second-order valence-corrected chi connectivity index (χ2v) is 5.46. The lowest BCUT2D eigenvalue weighted by Crippen LogP contribution is -2.17. The topological polar surface area (TPSA) is 53.1 Å². The van der Waals surface area contributed by atoms with Crippen LogP contribution in [-0.4, -0.2) is 16.9 Å². The molecule has 0 radical (unpaired) electrons. The summed E-state index contributed by atoms with van der Waals surface area (Å²) in [6.45, 7) is 1.97. The van der Waals surface area contributed by atoms with E-state index >= 15 is 0 Å². The third kappa shape index (κ3) is 3.16. The average molecular weight is 324 g/mol. The third-order valence-corrected chi connectivity index (χ3v) is 3.88. The summed E-state index contributed by atoms with van der Waals surface area (Å²) in [5.41, 5.74) is 9.43. The molecule has 0 spiro atoms. The molecule has 1 aromatic heterocycles. The third-order valence-electron chi connectivity index (χ3n) is 3.11. The number of methoxy groups -OCH3 is 1. The molecule has 1 aromatic carbocycles. The lowest BCUT2D eigenvalue weighted by Gasteiger charge is -2.14. The van der Waals surface area contributed by atoms with Gasteiger partial charge in [0.15, 0.2) is 0 Å². The van der Waals surface area contributed by atoms with Gasteiger partial charge in [0.1, 0.15) is 5.75 Å². The maximum Gasteiger partial charge on any atom is 0.119 e. The van der Waals surface area contributed by atoms with E-state index in [1.54, 1.807) is 7.11 Å². The Hall–Kier alpha value is -1.33. The molecule has 1 atom stereocenters. The first-order chi connectivity index (χ1) is 9.01. The fourth-order valence-corrected chi connectivity index (χ4v) is 2.56. The summed E-state index contributed by atoms with van der Waals surface area (Å²) < 4.78 is 8.13. The number of nitrogens with two attached hydrogens (primary N) is 1. The average Bonchev–Trinajstić information content (AvgIpc) is 2.71. The van der Waals surface area contributed by atoms with Crippen molar-refractivity contribution in [1.82, 2.24) is 9.78 Å². The van der Waals surface area contributed by atoms with Gasteiger partial charge in [-0.25, -0.2) is 0 Å². The summed E-state index contributed by atoms with van der Waals surface area (Å²) in [6, 6.07) is 7.85. The van der Waals surface area contributed by atoms with Crippen molar-refractivity contribution in [1.29, 1.82) is 0 Å². The molecule has 5 heteroatoms. The quantitative estimate of drug-likeness (QED) is 0.941. The van der Waals surface area contributed by atoms with Gasteiger partial charge < -0.3 is 10.5 Å². The monoisotopic (exact) mass is 323 g/mol. The van der Waals surface area contributed by atoms with Crippen LogP contribution in [0.5, 0.6) is 5.75 Å². The zero-order valence-corrected chi connectivity index (χ0v) is 12.9. The molecule has 2 aromatic rings. The lowest BCUT2D eigenvalue weighted by molar-refractivity contribution is 0.414. The molecular formula is C14H18BrN3O. The second-order valence-electron chi connectivity index (χ2n) is 4.60. The van der Waals surface area contributed by atoms with Gasteiger partial charge in [0.2, 0.25) is 0 Å². The van der Waals surface area contributed by atoms with Gasteiger partial charge in [-0.2, -0.15) is 5.10 Å². The second kappa shape index (κ2) is 5.75. The van der Waals surface area contributed by atoms with Crippen LogP contribution < -0.4 is 10.5 Å². The molecular weight excluding hydrogens is 306 g/mol. The van der Waals surface area contributed by atoms with E-state index in [0.29, 0.717) is 0 Å². The predicted octanol–water partition coefficient (Wildman–Crippen LogP) is 2.74. The zero-order chi connectivity index (χ0) is 14.0. The van der Waals surface area contributed by atoms with E-state index in [1.807, 2.05) is 42.9 Å². The highest BCUT2D eigenvalue weighted by atomic mass is 79.9. The normalized spacial score (nSPS) is 12.5. The van der Waals surface area contributed by atoms with Crippen LogP contribution >= 0.6 is 15.9 Å². The molecule has 2 N–H and O–H groups in total. The predicted molar refractivity (Wildman–Crippen MR) is 79.3 cm³/mol. The van der Waals surface area contributed by atoms with Gasteiger partial charge in [0.25, 0.3) is 0 Å². The molecule has 19 heavy (non-hydrogen) atoms. The number of rotatable bonds is 4. The summed E-state index contributed by atoms with van der Waals surface area (Å²) >= 11 is 3.55. The molecule has 0 aliphatic heterocycles. The van der Waals surface area contributed by atoms with E-state index in [4.69, 9.17) is 10.5 Å². The minimum absolute atomic E-state index is 0.0883. The lowest BCUT2D eigenvalue weighted by atomic mass is 10.0. The summed E-state index contributed by atoms with van der Waals surface area (Å²) in [5.74, 6) is 0.839. The van der Waals surface area contributed by atoms with Gasteiger partial charge in [-0.05, 0) is 43.2 Å². The van der Waals surface area contributed by atoms with Crippen molar-refractivity contribution in [3.05, 3.63) is 45.7 Å². The number of nitrogens with zero attached hydrogens (tertiary/aromatic N) is 2. The van der Waals surface area contributed by atoms with Gasteiger partial charge in [-0.1, -0.05) is 15.9 Å². The van der Waals surface area contributed by atoms with E-state index in [2.05, 4.69) is 21.0 Å². The van der Waals surface area contributed by atoms with Crippen LogP contribution in [0, 0.1) is 6.92 Å². The number of benzene rings is 1. The first-order valence-corrected chi connectivity index (χ1v) is 6.89. The fraction of sp³-hybridized carbons (Fsp3) is 0.357. The first kappa shape index (κ1) is 14.1. The van der Waals surface area contributed by atoms with Crippen molar-refractivity contribution < 1.29 is 4.74 Å². The molecule has 0 aliphatic rings. The maximum atomic E-state index is 6.28. The van der Waals surface area contributed by atoms with Crippen molar-refractivity contribution in [2.45, 2.75) is 19.4 Å². The van der Waals surface area contributed by atoms with Crippen molar-refractivity contribution in [2.75, 3.05) is 7.11 Å². The van der Waals surface area contributed by atoms with E-state index < -0.39 is 0 Å². The Balaban J connectivity index is 2.23. The van der Waals surface area contributed by atoms with E-state index in [1.165, 1.54) is 0 Å². The van der Waals surface area contributed by atoms with Crippen LogP contribution in [0.4, 0.5) is 0 Å². The molecule has 0 saturated heterocycles. The van der Waals surface area contributed by atoms with Crippen LogP contribution in [0.25, 0.3) is 0 Å². The largest absolute Gasteiger partial charge is 0.497 e.